The Balaban J connectivity index is 2.00. The molecule has 0 saturated carbocycles. The van der Waals surface area contributed by atoms with Crippen molar-refractivity contribution in [2.75, 3.05) is 7.05 Å². The topological polar surface area (TPSA) is 53.6 Å². The lowest BCUT2D eigenvalue weighted by Gasteiger charge is -1.96. The minimum Gasteiger partial charge on any atom is -0.345 e. The molecule has 0 spiro atoms. The molecule has 2 N–H and O–H groups in total. The van der Waals surface area contributed by atoms with Crippen LogP contribution in [0, 0.1) is 0 Å². The molecule has 4 nitrogen and oxygen atoms in total. The van der Waals surface area contributed by atoms with Crippen LogP contribution in [0.25, 0.3) is 21.6 Å². The van der Waals surface area contributed by atoms with Crippen molar-refractivity contribution in [2.24, 2.45) is 0 Å². The molecule has 1 aromatic carbocycles. The number of imidazole rings is 1. The Kier molecular flexibility index (Phi) is 2.62. The number of thiazole rings is 1. The number of rotatable bonds is 3. The molecule has 0 aliphatic rings. The highest BCUT2D eigenvalue weighted by Gasteiger charge is 2.05. The molecule has 0 amide bonds. The summed E-state index contributed by atoms with van der Waals surface area (Å²) in [5, 5.41) is 6.24. The molecule has 0 bridgehead atoms. The standard InChI is InChI=1S/C12H12N4S/c1-13-5-9-6-17-12(16-9)8-2-3-10-11(4-8)15-7-14-10/h2-4,6-7,13H,5H2,1H3,(H,14,15). The van der Waals surface area contributed by atoms with Crippen LogP contribution in [-0.2, 0) is 6.54 Å². The minimum absolute atomic E-state index is 0.808. The maximum absolute atomic E-state index is 4.58. The largest absolute Gasteiger partial charge is 0.345 e. The normalized spacial score (nSPS) is 11.1. The van der Waals surface area contributed by atoms with Crippen molar-refractivity contribution in [1.29, 1.82) is 0 Å². The van der Waals surface area contributed by atoms with Crippen molar-refractivity contribution >= 4 is 22.4 Å². The molecular formula is C12H12N4S. The van der Waals surface area contributed by atoms with Crippen LogP contribution in [0.3, 0.4) is 0 Å². The Morgan fingerprint density at radius 3 is 3.24 bits per heavy atom. The predicted octanol–water partition coefficient (Wildman–Crippen LogP) is 2.41. The Hall–Kier alpha value is -1.72. The first-order valence-electron chi connectivity index (χ1n) is 5.39. The zero-order chi connectivity index (χ0) is 11.7. The van der Waals surface area contributed by atoms with Gasteiger partial charge >= 0.3 is 0 Å². The monoisotopic (exact) mass is 244 g/mol. The van der Waals surface area contributed by atoms with Gasteiger partial charge in [0.25, 0.3) is 0 Å². The molecule has 2 heterocycles. The third-order valence-corrected chi connectivity index (χ3v) is 3.52. The summed E-state index contributed by atoms with van der Waals surface area (Å²) in [4.78, 5) is 11.9. The van der Waals surface area contributed by atoms with E-state index in [9.17, 15) is 0 Å². The van der Waals surface area contributed by atoms with E-state index in [0.717, 1.165) is 33.8 Å². The van der Waals surface area contributed by atoms with E-state index in [0.29, 0.717) is 0 Å². The van der Waals surface area contributed by atoms with Gasteiger partial charge in [-0.3, -0.25) is 0 Å². The second-order valence-corrected chi connectivity index (χ2v) is 4.67. The summed E-state index contributed by atoms with van der Waals surface area (Å²) >= 11 is 1.67. The Morgan fingerprint density at radius 1 is 1.41 bits per heavy atom. The van der Waals surface area contributed by atoms with Crippen LogP contribution in [0.15, 0.2) is 29.9 Å². The molecule has 0 aliphatic heterocycles. The molecule has 86 valence electrons. The summed E-state index contributed by atoms with van der Waals surface area (Å²) < 4.78 is 0. The lowest BCUT2D eigenvalue weighted by atomic mass is 10.2. The summed E-state index contributed by atoms with van der Waals surface area (Å²) in [7, 11) is 1.93. The van der Waals surface area contributed by atoms with Gasteiger partial charge in [-0.15, -0.1) is 11.3 Å². The fraction of sp³-hybridized carbons (Fsp3) is 0.167. The quantitative estimate of drug-likeness (QED) is 0.744. The molecule has 3 rings (SSSR count). The third kappa shape index (κ3) is 1.94. The maximum Gasteiger partial charge on any atom is 0.123 e. The molecule has 0 aliphatic carbocycles. The van der Waals surface area contributed by atoms with Crippen LogP contribution >= 0.6 is 11.3 Å². The molecule has 0 radical (unpaired) electrons. The van der Waals surface area contributed by atoms with Crippen LogP contribution in [0.2, 0.25) is 0 Å². The zero-order valence-corrected chi connectivity index (χ0v) is 10.2. The van der Waals surface area contributed by atoms with E-state index >= 15 is 0 Å². The summed E-state index contributed by atoms with van der Waals surface area (Å²) in [6, 6.07) is 6.16. The van der Waals surface area contributed by atoms with Crippen molar-refractivity contribution in [3.63, 3.8) is 0 Å². The van der Waals surface area contributed by atoms with E-state index in [1.54, 1.807) is 17.7 Å². The first-order chi connectivity index (χ1) is 8.36. The number of aromatic amines is 1. The van der Waals surface area contributed by atoms with E-state index < -0.39 is 0 Å². The SMILES string of the molecule is CNCc1csc(-c2ccc3nc[nH]c3c2)n1. The van der Waals surface area contributed by atoms with Crippen LogP contribution < -0.4 is 5.32 Å². The summed E-state index contributed by atoms with van der Waals surface area (Å²) in [6.45, 7) is 0.808. The summed E-state index contributed by atoms with van der Waals surface area (Å²) in [6.07, 6.45) is 1.71. The Morgan fingerprint density at radius 2 is 2.35 bits per heavy atom. The highest BCUT2D eigenvalue weighted by atomic mass is 32.1. The minimum atomic E-state index is 0.808. The van der Waals surface area contributed by atoms with Gasteiger partial charge in [0, 0.05) is 17.5 Å². The molecule has 0 unspecified atom stereocenters. The first-order valence-corrected chi connectivity index (χ1v) is 6.27. The second-order valence-electron chi connectivity index (χ2n) is 3.81. The highest BCUT2D eigenvalue weighted by molar-refractivity contribution is 7.13. The Bertz CT molecular complexity index is 641. The van der Waals surface area contributed by atoms with Gasteiger partial charge in [0.2, 0.25) is 0 Å². The molecule has 17 heavy (non-hydrogen) atoms. The van der Waals surface area contributed by atoms with Crippen molar-refractivity contribution < 1.29 is 0 Å². The van der Waals surface area contributed by atoms with Crippen molar-refractivity contribution in [3.05, 3.63) is 35.6 Å². The highest BCUT2D eigenvalue weighted by Crippen LogP contribution is 2.25. The number of aromatic nitrogens is 3. The van der Waals surface area contributed by atoms with Crippen LogP contribution in [0.1, 0.15) is 5.69 Å². The van der Waals surface area contributed by atoms with Gasteiger partial charge in [0.1, 0.15) is 5.01 Å². The van der Waals surface area contributed by atoms with Crippen molar-refractivity contribution in [3.8, 4) is 10.6 Å². The molecule has 5 heteroatoms. The lowest BCUT2D eigenvalue weighted by molar-refractivity contribution is 0.798. The van der Waals surface area contributed by atoms with E-state index in [1.165, 1.54) is 0 Å². The van der Waals surface area contributed by atoms with Gasteiger partial charge in [-0.25, -0.2) is 9.97 Å². The second kappa shape index (κ2) is 4.27. The predicted molar refractivity (Wildman–Crippen MR) is 70.0 cm³/mol. The van der Waals surface area contributed by atoms with Gasteiger partial charge in [-0.2, -0.15) is 0 Å². The number of hydrogen-bond donors (Lipinski definition) is 2. The maximum atomic E-state index is 4.58. The van der Waals surface area contributed by atoms with E-state index in [4.69, 9.17) is 0 Å². The number of hydrogen-bond acceptors (Lipinski definition) is 4. The molecule has 0 saturated heterocycles. The smallest absolute Gasteiger partial charge is 0.123 e. The zero-order valence-electron chi connectivity index (χ0n) is 9.40. The van der Waals surface area contributed by atoms with E-state index in [1.807, 2.05) is 13.1 Å². The summed E-state index contributed by atoms with van der Waals surface area (Å²) in [5.74, 6) is 0. The van der Waals surface area contributed by atoms with Gasteiger partial charge in [-0.1, -0.05) is 0 Å². The number of nitrogens with zero attached hydrogens (tertiary/aromatic N) is 2. The number of nitrogens with one attached hydrogen (secondary N) is 2. The van der Waals surface area contributed by atoms with Crippen molar-refractivity contribution in [1.82, 2.24) is 20.3 Å². The average Bonchev–Trinajstić information content (AvgIpc) is 2.96. The van der Waals surface area contributed by atoms with E-state index in [2.05, 4.69) is 37.8 Å². The Labute approximate surface area is 103 Å². The van der Waals surface area contributed by atoms with E-state index in [-0.39, 0.29) is 0 Å². The third-order valence-electron chi connectivity index (χ3n) is 2.58. The van der Waals surface area contributed by atoms with Gasteiger partial charge < -0.3 is 10.3 Å². The molecule has 0 atom stereocenters. The molecule has 3 aromatic rings. The fourth-order valence-electron chi connectivity index (χ4n) is 1.77. The van der Waals surface area contributed by atoms with Gasteiger partial charge in [0.15, 0.2) is 0 Å². The number of H-pyrrole nitrogens is 1. The van der Waals surface area contributed by atoms with Crippen LogP contribution in [-0.4, -0.2) is 22.0 Å². The first kappa shape index (κ1) is 10.4. The summed E-state index contributed by atoms with van der Waals surface area (Å²) in [5.41, 5.74) is 4.25. The molecule has 2 aromatic heterocycles. The van der Waals surface area contributed by atoms with Gasteiger partial charge in [0.05, 0.1) is 23.1 Å². The molecular weight excluding hydrogens is 232 g/mol. The van der Waals surface area contributed by atoms with Crippen molar-refractivity contribution in [2.45, 2.75) is 6.54 Å². The fourth-order valence-corrected chi connectivity index (χ4v) is 2.59. The molecule has 0 fully saturated rings. The van der Waals surface area contributed by atoms with Crippen LogP contribution in [0.4, 0.5) is 0 Å². The number of benzene rings is 1. The van der Waals surface area contributed by atoms with Crippen LogP contribution in [0.5, 0.6) is 0 Å². The average molecular weight is 244 g/mol. The number of fused-ring (bicyclic) bond motifs is 1. The lowest BCUT2D eigenvalue weighted by Crippen LogP contribution is -2.04. The van der Waals surface area contributed by atoms with Gasteiger partial charge in [-0.05, 0) is 25.2 Å².